The van der Waals surface area contributed by atoms with Gasteiger partial charge in [0, 0.05) is 18.4 Å². The number of halogens is 1. The highest BCUT2D eigenvalue weighted by Crippen LogP contribution is 2.44. The third-order valence-electron chi connectivity index (χ3n) is 6.50. The molecule has 32 heavy (non-hydrogen) atoms. The van der Waals surface area contributed by atoms with Crippen molar-refractivity contribution in [2.24, 2.45) is 0 Å². The first-order chi connectivity index (χ1) is 15.5. The molecule has 3 aromatic carbocycles. The molecule has 0 bridgehead atoms. The molecule has 2 atom stereocenters. The zero-order chi connectivity index (χ0) is 22.2. The number of benzene rings is 3. The number of carbonyl (C=O) groups excluding carboxylic acids is 1. The van der Waals surface area contributed by atoms with Crippen LogP contribution in [0.1, 0.15) is 34.9 Å². The summed E-state index contributed by atoms with van der Waals surface area (Å²) < 4.78 is 19.9. The number of hydrogen-bond donors (Lipinski definition) is 1. The largest absolute Gasteiger partial charge is 0.480 e. The Morgan fingerprint density at radius 1 is 0.906 bits per heavy atom. The molecule has 5 rings (SSSR count). The molecule has 1 N–H and O–H groups in total. The molecule has 5 nitrogen and oxygen atoms in total. The summed E-state index contributed by atoms with van der Waals surface area (Å²) in [7, 11) is 0. The van der Waals surface area contributed by atoms with E-state index in [2.05, 4.69) is 12.1 Å². The zero-order valence-electron chi connectivity index (χ0n) is 17.3. The van der Waals surface area contributed by atoms with Crippen molar-refractivity contribution in [3.63, 3.8) is 0 Å². The van der Waals surface area contributed by atoms with Gasteiger partial charge in [-0.05, 0) is 40.3 Å². The van der Waals surface area contributed by atoms with Gasteiger partial charge in [0.05, 0.1) is 0 Å². The van der Waals surface area contributed by atoms with Crippen LogP contribution in [0.25, 0.3) is 11.1 Å². The summed E-state index contributed by atoms with van der Waals surface area (Å²) in [5.74, 6) is -2.01. The van der Waals surface area contributed by atoms with Gasteiger partial charge in [0.15, 0.2) is 0 Å². The van der Waals surface area contributed by atoms with Crippen molar-refractivity contribution >= 4 is 12.1 Å². The van der Waals surface area contributed by atoms with Gasteiger partial charge in [-0.25, -0.2) is 14.0 Å². The molecule has 0 spiro atoms. The van der Waals surface area contributed by atoms with Crippen LogP contribution in [0, 0.1) is 5.82 Å². The number of amides is 1. The quantitative estimate of drug-likeness (QED) is 0.630. The SMILES string of the molecule is O=C(O)[C@H]1C[C@@H](c2ccccc2F)CN1C(=O)OCC1c2ccccc2-c2ccccc21. The number of carboxylic acids is 1. The van der Waals surface area contributed by atoms with Gasteiger partial charge in [0.1, 0.15) is 18.5 Å². The number of aliphatic carboxylic acids is 1. The normalized spacial score (nSPS) is 19.5. The predicted octanol–water partition coefficient (Wildman–Crippen LogP) is 5.02. The van der Waals surface area contributed by atoms with Crippen molar-refractivity contribution in [1.82, 2.24) is 4.90 Å². The van der Waals surface area contributed by atoms with Crippen molar-refractivity contribution in [1.29, 1.82) is 0 Å². The average molecular weight is 431 g/mol. The van der Waals surface area contributed by atoms with Crippen molar-refractivity contribution < 1.29 is 23.8 Å². The molecule has 0 unspecified atom stereocenters. The topological polar surface area (TPSA) is 66.8 Å². The van der Waals surface area contributed by atoms with Gasteiger partial charge in [0.2, 0.25) is 0 Å². The average Bonchev–Trinajstić information content (AvgIpc) is 3.38. The predicted molar refractivity (Wildman–Crippen MR) is 117 cm³/mol. The molecular weight excluding hydrogens is 409 g/mol. The van der Waals surface area contributed by atoms with Crippen LogP contribution in [-0.4, -0.2) is 41.3 Å². The third kappa shape index (κ3) is 3.42. The van der Waals surface area contributed by atoms with E-state index in [-0.39, 0.29) is 25.5 Å². The second-order valence-electron chi connectivity index (χ2n) is 8.26. The molecule has 1 amide bonds. The lowest BCUT2D eigenvalue weighted by Gasteiger charge is -2.22. The Labute approximate surface area is 185 Å². The Kier molecular flexibility index (Phi) is 5.13. The number of carbonyl (C=O) groups is 2. The Balaban J connectivity index is 1.35. The summed E-state index contributed by atoms with van der Waals surface area (Å²) in [5, 5.41) is 9.66. The van der Waals surface area contributed by atoms with Gasteiger partial charge in [-0.3, -0.25) is 4.90 Å². The summed E-state index contributed by atoms with van der Waals surface area (Å²) in [5.41, 5.74) is 4.83. The smallest absolute Gasteiger partial charge is 0.410 e. The van der Waals surface area contributed by atoms with Crippen LogP contribution in [-0.2, 0) is 9.53 Å². The van der Waals surface area contributed by atoms with Crippen LogP contribution < -0.4 is 0 Å². The lowest BCUT2D eigenvalue weighted by molar-refractivity contribution is -0.141. The lowest BCUT2D eigenvalue weighted by atomic mass is 9.96. The van der Waals surface area contributed by atoms with E-state index < -0.39 is 29.8 Å². The minimum atomic E-state index is -1.11. The molecule has 1 saturated heterocycles. The van der Waals surface area contributed by atoms with Crippen LogP contribution >= 0.6 is 0 Å². The number of hydrogen-bond acceptors (Lipinski definition) is 3. The number of carboxylic acid groups (broad SMARTS) is 1. The lowest BCUT2D eigenvalue weighted by Crippen LogP contribution is -2.41. The molecule has 3 aromatic rings. The fourth-order valence-electron chi connectivity index (χ4n) is 4.98. The molecule has 1 heterocycles. The molecule has 6 heteroatoms. The fraction of sp³-hybridized carbons (Fsp3) is 0.231. The monoisotopic (exact) mass is 431 g/mol. The maximum absolute atomic E-state index is 14.2. The van der Waals surface area contributed by atoms with Gasteiger partial charge in [-0.15, -0.1) is 0 Å². The molecule has 1 aliphatic heterocycles. The van der Waals surface area contributed by atoms with Crippen molar-refractivity contribution in [3.05, 3.63) is 95.3 Å². The van der Waals surface area contributed by atoms with Crippen LogP contribution in [0.3, 0.4) is 0 Å². The van der Waals surface area contributed by atoms with Crippen LogP contribution in [0.5, 0.6) is 0 Å². The Morgan fingerprint density at radius 2 is 1.47 bits per heavy atom. The number of nitrogens with zero attached hydrogens (tertiary/aromatic N) is 1. The summed E-state index contributed by atoms with van der Waals surface area (Å²) in [6, 6.07) is 21.3. The van der Waals surface area contributed by atoms with Gasteiger partial charge in [0.25, 0.3) is 0 Å². The molecule has 1 fully saturated rings. The molecule has 0 aromatic heterocycles. The molecule has 0 radical (unpaired) electrons. The van der Waals surface area contributed by atoms with Crippen LogP contribution in [0.15, 0.2) is 72.8 Å². The maximum atomic E-state index is 14.2. The van der Waals surface area contributed by atoms with E-state index in [9.17, 15) is 19.1 Å². The second-order valence-corrected chi connectivity index (χ2v) is 8.26. The third-order valence-corrected chi connectivity index (χ3v) is 6.50. The molecule has 1 aliphatic carbocycles. The number of ether oxygens (including phenoxy) is 1. The molecular formula is C26H22FNO4. The highest BCUT2D eigenvalue weighted by Gasteiger charge is 2.42. The Morgan fingerprint density at radius 3 is 2.06 bits per heavy atom. The first-order valence-corrected chi connectivity index (χ1v) is 10.6. The van der Waals surface area contributed by atoms with Gasteiger partial charge < -0.3 is 9.84 Å². The van der Waals surface area contributed by atoms with Crippen molar-refractivity contribution in [2.45, 2.75) is 24.3 Å². The van der Waals surface area contributed by atoms with Gasteiger partial charge in [-0.2, -0.15) is 0 Å². The van der Waals surface area contributed by atoms with Gasteiger partial charge in [-0.1, -0.05) is 66.7 Å². The molecule has 2 aliphatic rings. The van der Waals surface area contributed by atoms with E-state index in [0.29, 0.717) is 5.56 Å². The molecule has 162 valence electrons. The summed E-state index contributed by atoms with van der Waals surface area (Å²) in [4.78, 5) is 26.0. The first kappa shape index (κ1) is 20.2. The first-order valence-electron chi connectivity index (χ1n) is 10.6. The maximum Gasteiger partial charge on any atom is 0.410 e. The highest BCUT2D eigenvalue weighted by molar-refractivity contribution is 5.82. The van der Waals surface area contributed by atoms with Crippen molar-refractivity contribution in [3.8, 4) is 11.1 Å². The number of rotatable bonds is 4. The van der Waals surface area contributed by atoms with E-state index in [0.717, 1.165) is 22.3 Å². The van der Waals surface area contributed by atoms with E-state index in [1.165, 1.54) is 11.0 Å². The minimum Gasteiger partial charge on any atom is -0.480 e. The number of likely N-dealkylation sites (tertiary alicyclic amines) is 1. The minimum absolute atomic E-state index is 0.106. The van der Waals surface area contributed by atoms with Crippen molar-refractivity contribution in [2.75, 3.05) is 13.2 Å². The van der Waals surface area contributed by atoms with Gasteiger partial charge >= 0.3 is 12.1 Å². The van der Waals surface area contributed by atoms with Crippen LogP contribution in [0.2, 0.25) is 0 Å². The fourth-order valence-corrected chi connectivity index (χ4v) is 4.98. The Bertz CT molecular complexity index is 1150. The van der Waals surface area contributed by atoms with E-state index >= 15 is 0 Å². The van der Waals surface area contributed by atoms with Crippen LogP contribution in [0.4, 0.5) is 9.18 Å². The second kappa shape index (κ2) is 8.11. The highest BCUT2D eigenvalue weighted by atomic mass is 19.1. The van der Waals surface area contributed by atoms with E-state index in [1.807, 2.05) is 36.4 Å². The zero-order valence-corrected chi connectivity index (χ0v) is 17.3. The molecule has 0 saturated carbocycles. The Hall–Kier alpha value is -3.67. The standard InChI is InChI=1S/C26H22FNO4/c27-23-12-6-5-7-17(23)16-13-24(25(29)30)28(14-16)26(31)32-15-22-20-10-3-1-8-18(20)19-9-2-4-11-21(19)22/h1-12,16,22,24H,13-15H2,(H,29,30)/t16-,24-/m1/s1. The number of fused-ring (bicyclic) bond motifs is 3. The summed E-state index contributed by atoms with van der Waals surface area (Å²) in [6.45, 7) is 0.217. The van der Waals surface area contributed by atoms with E-state index in [4.69, 9.17) is 4.74 Å². The summed E-state index contributed by atoms with van der Waals surface area (Å²) in [6.07, 6.45) is -0.529. The van der Waals surface area contributed by atoms with E-state index in [1.54, 1.807) is 18.2 Å². The summed E-state index contributed by atoms with van der Waals surface area (Å²) >= 11 is 0.